The van der Waals surface area contributed by atoms with E-state index in [-0.39, 0.29) is 12.2 Å². The first-order chi connectivity index (χ1) is 8.08. The molecule has 1 aromatic rings. The molecule has 2 rings (SSSR count). The summed E-state index contributed by atoms with van der Waals surface area (Å²) in [5.74, 6) is -4.59. The molecule has 0 atom stereocenters. The molecular formula is C12H11F3O2. The standard InChI is InChI=1S/C12H11F3O2/c13-9-5-8(6-10(14)11(9)15)12(16)17-4-3-7-1-2-7/h5-7H,1-4H2. The van der Waals surface area contributed by atoms with Crippen LogP contribution in [0, 0.1) is 23.4 Å². The van der Waals surface area contributed by atoms with E-state index in [1.165, 1.54) is 0 Å². The fourth-order valence-electron chi connectivity index (χ4n) is 1.48. The van der Waals surface area contributed by atoms with Gasteiger partial charge in [0.15, 0.2) is 17.5 Å². The van der Waals surface area contributed by atoms with Crippen molar-refractivity contribution in [1.82, 2.24) is 0 Å². The van der Waals surface area contributed by atoms with Crippen molar-refractivity contribution in [3.63, 3.8) is 0 Å². The van der Waals surface area contributed by atoms with Crippen molar-refractivity contribution < 1.29 is 22.7 Å². The van der Waals surface area contributed by atoms with Gasteiger partial charge >= 0.3 is 5.97 Å². The minimum atomic E-state index is -1.58. The van der Waals surface area contributed by atoms with Crippen LogP contribution in [0.1, 0.15) is 29.6 Å². The molecule has 0 spiro atoms. The minimum absolute atomic E-state index is 0.226. The summed E-state index contributed by atoms with van der Waals surface area (Å²) in [6.45, 7) is 0.226. The zero-order chi connectivity index (χ0) is 12.4. The normalized spacial score (nSPS) is 14.8. The van der Waals surface area contributed by atoms with E-state index in [2.05, 4.69) is 0 Å². The number of carbonyl (C=O) groups excluding carboxylic acids is 1. The van der Waals surface area contributed by atoms with Crippen LogP contribution in [0.2, 0.25) is 0 Å². The second-order valence-corrected chi connectivity index (χ2v) is 4.12. The van der Waals surface area contributed by atoms with Crippen LogP contribution in [0.3, 0.4) is 0 Å². The Hall–Kier alpha value is -1.52. The van der Waals surface area contributed by atoms with Gasteiger partial charge in [0, 0.05) is 0 Å². The fourth-order valence-corrected chi connectivity index (χ4v) is 1.48. The number of carbonyl (C=O) groups is 1. The van der Waals surface area contributed by atoms with E-state index in [4.69, 9.17) is 4.74 Å². The Bertz CT molecular complexity index is 418. The molecule has 0 aliphatic heterocycles. The van der Waals surface area contributed by atoms with Gasteiger partial charge in [-0.3, -0.25) is 0 Å². The lowest BCUT2D eigenvalue weighted by atomic mass is 10.2. The van der Waals surface area contributed by atoms with Gasteiger partial charge in [-0.15, -0.1) is 0 Å². The van der Waals surface area contributed by atoms with Crippen molar-refractivity contribution in [3.05, 3.63) is 35.1 Å². The second-order valence-electron chi connectivity index (χ2n) is 4.12. The quantitative estimate of drug-likeness (QED) is 0.601. The topological polar surface area (TPSA) is 26.3 Å². The highest BCUT2D eigenvalue weighted by atomic mass is 19.2. The van der Waals surface area contributed by atoms with Crippen molar-refractivity contribution in [1.29, 1.82) is 0 Å². The third-order valence-electron chi connectivity index (χ3n) is 2.68. The van der Waals surface area contributed by atoms with E-state index in [1.54, 1.807) is 0 Å². The molecule has 1 aliphatic carbocycles. The first-order valence-electron chi connectivity index (χ1n) is 5.39. The Kier molecular flexibility index (Phi) is 3.36. The summed E-state index contributed by atoms with van der Waals surface area (Å²) in [5, 5.41) is 0. The highest BCUT2D eigenvalue weighted by Crippen LogP contribution is 2.32. The smallest absolute Gasteiger partial charge is 0.338 e. The van der Waals surface area contributed by atoms with Gasteiger partial charge in [0.1, 0.15) is 0 Å². The molecule has 92 valence electrons. The van der Waals surface area contributed by atoms with Crippen LogP contribution in [0.4, 0.5) is 13.2 Å². The molecule has 0 aromatic heterocycles. The van der Waals surface area contributed by atoms with E-state index < -0.39 is 23.4 Å². The molecule has 1 saturated carbocycles. The van der Waals surface area contributed by atoms with E-state index in [0.29, 0.717) is 18.1 Å². The molecular weight excluding hydrogens is 233 g/mol. The number of esters is 1. The Balaban J connectivity index is 1.97. The van der Waals surface area contributed by atoms with Crippen LogP contribution in [-0.2, 0) is 4.74 Å². The third-order valence-corrected chi connectivity index (χ3v) is 2.68. The molecule has 0 radical (unpaired) electrons. The Morgan fingerprint density at radius 1 is 1.24 bits per heavy atom. The van der Waals surface area contributed by atoms with Gasteiger partial charge in [-0.25, -0.2) is 18.0 Å². The number of benzene rings is 1. The Morgan fingerprint density at radius 3 is 2.35 bits per heavy atom. The van der Waals surface area contributed by atoms with Crippen molar-refractivity contribution in [2.24, 2.45) is 5.92 Å². The lowest BCUT2D eigenvalue weighted by Gasteiger charge is -2.05. The molecule has 0 unspecified atom stereocenters. The highest BCUT2D eigenvalue weighted by molar-refractivity contribution is 5.89. The largest absolute Gasteiger partial charge is 0.462 e. The summed E-state index contributed by atoms with van der Waals surface area (Å²) in [6.07, 6.45) is 3.03. The number of hydrogen-bond donors (Lipinski definition) is 0. The highest BCUT2D eigenvalue weighted by Gasteiger charge is 2.22. The first kappa shape index (κ1) is 12.0. The molecule has 0 N–H and O–H groups in total. The van der Waals surface area contributed by atoms with Gasteiger partial charge in [0.05, 0.1) is 12.2 Å². The summed E-state index contributed by atoms with van der Waals surface area (Å²) < 4.78 is 43.1. The fraction of sp³-hybridized carbons (Fsp3) is 0.417. The average Bonchev–Trinajstić information content (AvgIpc) is 3.09. The van der Waals surface area contributed by atoms with Crippen LogP contribution in [0.15, 0.2) is 12.1 Å². The van der Waals surface area contributed by atoms with E-state index in [9.17, 15) is 18.0 Å². The summed E-state index contributed by atoms with van der Waals surface area (Å²) in [7, 11) is 0. The third kappa shape index (κ3) is 2.99. The molecule has 17 heavy (non-hydrogen) atoms. The van der Waals surface area contributed by atoms with Crippen LogP contribution >= 0.6 is 0 Å². The maximum atomic E-state index is 12.8. The maximum Gasteiger partial charge on any atom is 0.338 e. The van der Waals surface area contributed by atoms with Crippen molar-refractivity contribution in [2.75, 3.05) is 6.61 Å². The molecule has 0 bridgehead atoms. The van der Waals surface area contributed by atoms with Crippen molar-refractivity contribution in [3.8, 4) is 0 Å². The van der Waals surface area contributed by atoms with Gasteiger partial charge in [-0.1, -0.05) is 12.8 Å². The van der Waals surface area contributed by atoms with Crippen LogP contribution < -0.4 is 0 Å². The average molecular weight is 244 g/mol. The Labute approximate surface area is 96.4 Å². The van der Waals surface area contributed by atoms with E-state index >= 15 is 0 Å². The lowest BCUT2D eigenvalue weighted by Crippen LogP contribution is -2.08. The lowest BCUT2D eigenvalue weighted by molar-refractivity contribution is 0.0493. The number of ether oxygens (including phenoxy) is 1. The van der Waals surface area contributed by atoms with Gasteiger partial charge < -0.3 is 4.74 Å². The van der Waals surface area contributed by atoms with Crippen LogP contribution in [-0.4, -0.2) is 12.6 Å². The Morgan fingerprint density at radius 2 is 1.82 bits per heavy atom. The van der Waals surface area contributed by atoms with Gasteiger partial charge in [0.25, 0.3) is 0 Å². The maximum absolute atomic E-state index is 12.8. The summed E-state index contributed by atoms with van der Waals surface area (Å²) in [5.41, 5.74) is -0.308. The molecule has 0 amide bonds. The number of rotatable bonds is 4. The predicted octanol–water partition coefficient (Wildman–Crippen LogP) is 3.06. The molecule has 2 nitrogen and oxygen atoms in total. The SMILES string of the molecule is O=C(OCCC1CC1)c1cc(F)c(F)c(F)c1. The van der Waals surface area contributed by atoms with Crippen molar-refractivity contribution in [2.45, 2.75) is 19.3 Å². The summed E-state index contributed by atoms with van der Waals surface area (Å²) >= 11 is 0. The zero-order valence-corrected chi connectivity index (χ0v) is 9.01. The van der Waals surface area contributed by atoms with Crippen molar-refractivity contribution >= 4 is 5.97 Å². The minimum Gasteiger partial charge on any atom is -0.462 e. The van der Waals surface area contributed by atoms with Gasteiger partial charge in [-0.2, -0.15) is 0 Å². The number of hydrogen-bond acceptors (Lipinski definition) is 2. The summed E-state index contributed by atoms with van der Waals surface area (Å²) in [4.78, 5) is 11.4. The summed E-state index contributed by atoms with van der Waals surface area (Å²) in [6, 6.07) is 1.27. The zero-order valence-electron chi connectivity index (χ0n) is 9.01. The molecule has 1 aliphatic rings. The molecule has 5 heteroatoms. The molecule has 0 saturated heterocycles. The molecule has 0 heterocycles. The van der Waals surface area contributed by atoms with Crippen LogP contribution in [0.25, 0.3) is 0 Å². The monoisotopic (exact) mass is 244 g/mol. The predicted molar refractivity (Wildman–Crippen MR) is 53.9 cm³/mol. The second kappa shape index (κ2) is 4.77. The van der Waals surface area contributed by atoms with E-state index in [0.717, 1.165) is 19.3 Å². The molecule has 1 fully saturated rings. The molecule has 1 aromatic carbocycles. The van der Waals surface area contributed by atoms with Gasteiger partial charge in [0.2, 0.25) is 0 Å². The van der Waals surface area contributed by atoms with E-state index in [1.807, 2.05) is 0 Å². The van der Waals surface area contributed by atoms with Gasteiger partial charge in [-0.05, 0) is 24.5 Å². The first-order valence-corrected chi connectivity index (χ1v) is 5.39. The van der Waals surface area contributed by atoms with Crippen LogP contribution in [0.5, 0.6) is 0 Å². The number of halogens is 3.